The minimum Gasteiger partial charge on any atom is -0.483 e. The minimum absolute atomic E-state index is 0.0560. The van der Waals surface area contributed by atoms with Crippen LogP contribution in [0.4, 0.5) is 5.13 Å². The summed E-state index contributed by atoms with van der Waals surface area (Å²) in [7, 11) is 0. The lowest BCUT2D eigenvalue weighted by Crippen LogP contribution is -2.20. The summed E-state index contributed by atoms with van der Waals surface area (Å²) >= 11 is 7.28. The van der Waals surface area contributed by atoms with Gasteiger partial charge >= 0.3 is 0 Å². The van der Waals surface area contributed by atoms with Crippen LogP contribution in [0.25, 0.3) is 11.3 Å². The van der Waals surface area contributed by atoms with Crippen LogP contribution < -0.4 is 10.1 Å². The molecule has 0 aliphatic carbocycles. The van der Waals surface area contributed by atoms with Crippen molar-refractivity contribution in [1.82, 2.24) is 4.98 Å². The van der Waals surface area contributed by atoms with Crippen LogP contribution in [-0.4, -0.2) is 17.5 Å². The van der Waals surface area contributed by atoms with Crippen molar-refractivity contribution < 1.29 is 9.53 Å². The van der Waals surface area contributed by atoms with Crippen molar-refractivity contribution in [3.63, 3.8) is 0 Å². The maximum absolute atomic E-state index is 12.2. The number of halogens is 1. The summed E-state index contributed by atoms with van der Waals surface area (Å²) in [6.45, 7) is 5.97. The highest BCUT2D eigenvalue weighted by Crippen LogP contribution is 2.26. The van der Waals surface area contributed by atoms with Crippen molar-refractivity contribution >= 4 is 34.0 Å². The Morgan fingerprint density at radius 3 is 2.65 bits per heavy atom. The predicted molar refractivity (Wildman–Crippen MR) is 107 cm³/mol. The topological polar surface area (TPSA) is 51.2 Å². The van der Waals surface area contributed by atoms with Crippen LogP contribution in [0, 0.1) is 20.8 Å². The van der Waals surface area contributed by atoms with E-state index >= 15 is 0 Å². The number of hydrogen-bond donors (Lipinski definition) is 1. The molecule has 0 aliphatic heterocycles. The number of aromatic nitrogens is 1. The highest BCUT2D eigenvalue weighted by Gasteiger charge is 2.10. The van der Waals surface area contributed by atoms with Gasteiger partial charge in [-0.1, -0.05) is 29.8 Å². The maximum Gasteiger partial charge on any atom is 0.264 e. The van der Waals surface area contributed by atoms with Crippen molar-refractivity contribution in [3.05, 3.63) is 63.5 Å². The number of anilines is 1. The molecule has 3 rings (SSSR count). The second kappa shape index (κ2) is 7.89. The van der Waals surface area contributed by atoms with Crippen molar-refractivity contribution in [2.75, 3.05) is 11.9 Å². The molecule has 1 N–H and O–H groups in total. The van der Waals surface area contributed by atoms with E-state index in [0.717, 1.165) is 33.7 Å². The van der Waals surface area contributed by atoms with Gasteiger partial charge in [0, 0.05) is 16.0 Å². The number of nitrogens with one attached hydrogen (secondary N) is 1. The lowest BCUT2D eigenvalue weighted by molar-refractivity contribution is -0.118. The van der Waals surface area contributed by atoms with E-state index in [4.69, 9.17) is 16.3 Å². The van der Waals surface area contributed by atoms with Gasteiger partial charge in [-0.05, 0) is 55.7 Å². The fourth-order valence-electron chi connectivity index (χ4n) is 2.53. The third-order valence-electron chi connectivity index (χ3n) is 4.01. The van der Waals surface area contributed by atoms with Gasteiger partial charge in [0.1, 0.15) is 5.75 Å². The molecule has 134 valence electrons. The second-order valence-electron chi connectivity index (χ2n) is 6.09. The third kappa shape index (κ3) is 4.42. The molecule has 0 spiro atoms. The molecule has 26 heavy (non-hydrogen) atoms. The Labute approximate surface area is 161 Å². The minimum atomic E-state index is -0.236. The molecule has 1 aromatic heterocycles. The number of carbonyl (C=O) groups excluding carboxylic acids is 1. The number of benzene rings is 2. The summed E-state index contributed by atoms with van der Waals surface area (Å²) in [5, 5.41) is 5.90. The lowest BCUT2D eigenvalue weighted by atomic mass is 10.1. The van der Waals surface area contributed by atoms with Crippen LogP contribution >= 0.6 is 22.9 Å². The van der Waals surface area contributed by atoms with Crippen LogP contribution in [0.1, 0.15) is 16.7 Å². The van der Waals surface area contributed by atoms with Crippen LogP contribution in [0.15, 0.2) is 41.8 Å². The van der Waals surface area contributed by atoms with Crippen LogP contribution in [0.2, 0.25) is 5.02 Å². The quantitative estimate of drug-likeness (QED) is 0.638. The summed E-state index contributed by atoms with van der Waals surface area (Å²) in [5.41, 5.74) is 5.05. The number of aryl methyl sites for hydroxylation is 2. The second-order valence-corrected chi connectivity index (χ2v) is 7.38. The molecule has 0 atom stereocenters. The first-order valence-corrected chi connectivity index (χ1v) is 9.40. The number of hydrogen-bond acceptors (Lipinski definition) is 4. The highest BCUT2D eigenvalue weighted by atomic mass is 35.5. The largest absolute Gasteiger partial charge is 0.483 e. The van der Waals surface area contributed by atoms with Gasteiger partial charge in [-0.3, -0.25) is 10.1 Å². The molecule has 0 saturated heterocycles. The molecule has 0 fully saturated rings. The summed E-state index contributed by atoms with van der Waals surface area (Å²) < 4.78 is 5.69. The normalized spacial score (nSPS) is 10.6. The van der Waals surface area contributed by atoms with Gasteiger partial charge in [-0.15, -0.1) is 11.3 Å². The zero-order valence-corrected chi connectivity index (χ0v) is 16.4. The molecule has 2 aromatic carbocycles. The van der Waals surface area contributed by atoms with Crippen LogP contribution in [0.3, 0.4) is 0 Å². The molecular formula is C20H19ClN2O2S. The summed E-state index contributed by atoms with van der Waals surface area (Å²) in [5.74, 6) is 0.499. The number of carbonyl (C=O) groups is 1. The maximum atomic E-state index is 12.2. The Morgan fingerprint density at radius 2 is 1.92 bits per heavy atom. The molecule has 0 saturated carbocycles. The number of nitrogens with zero attached hydrogens (tertiary/aromatic N) is 1. The average molecular weight is 387 g/mol. The van der Waals surface area contributed by atoms with E-state index < -0.39 is 0 Å². The van der Waals surface area contributed by atoms with E-state index in [1.165, 1.54) is 11.3 Å². The zero-order valence-electron chi connectivity index (χ0n) is 14.8. The Bertz CT molecular complexity index is 935. The van der Waals surface area contributed by atoms with Crippen molar-refractivity contribution in [2.45, 2.75) is 20.8 Å². The molecule has 6 heteroatoms. The van der Waals surface area contributed by atoms with E-state index in [0.29, 0.717) is 10.2 Å². The van der Waals surface area contributed by atoms with Gasteiger partial charge in [0.25, 0.3) is 5.91 Å². The lowest BCUT2D eigenvalue weighted by Gasteiger charge is -2.11. The Balaban J connectivity index is 1.61. The van der Waals surface area contributed by atoms with Crippen molar-refractivity contribution in [1.29, 1.82) is 0 Å². The van der Waals surface area contributed by atoms with E-state index in [1.807, 2.05) is 56.5 Å². The first-order valence-electron chi connectivity index (χ1n) is 8.14. The van der Waals surface area contributed by atoms with E-state index in [2.05, 4.69) is 16.4 Å². The number of rotatable bonds is 5. The van der Waals surface area contributed by atoms with Crippen molar-refractivity contribution in [2.24, 2.45) is 0 Å². The Kier molecular flexibility index (Phi) is 5.59. The highest BCUT2D eigenvalue weighted by molar-refractivity contribution is 7.14. The molecular weight excluding hydrogens is 368 g/mol. The van der Waals surface area contributed by atoms with Gasteiger partial charge in [0.05, 0.1) is 5.69 Å². The molecule has 0 radical (unpaired) electrons. The van der Waals surface area contributed by atoms with Gasteiger partial charge in [-0.25, -0.2) is 4.98 Å². The van der Waals surface area contributed by atoms with Crippen molar-refractivity contribution in [3.8, 4) is 17.0 Å². The fourth-order valence-corrected chi connectivity index (χ4v) is 3.40. The van der Waals surface area contributed by atoms with E-state index in [-0.39, 0.29) is 12.5 Å². The molecule has 0 bridgehead atoms. The number of amides is 1. The standard InChI is InChI=1S/C20H19ClN2O2S/c1-12-8-13(2)14(3)18(9-12)25-10-19(24)23-20-22-17(11-26-20)15-4-6-16(21)7-5-15/h4-9,11H,10H2,1-3H3,(H,22,23,24). The molecule has 1 heterocycles. The number of ether oxygens (including phenoxy) is 1. The Morgan fingerprint density at radius 1 is 1.19 bits per heavy atom. The van der Waals surface area contributed by atoms with E-state index in [1.54, 1.807) is 0 Å². The summed E-state index contributed by atoms with van der Waals surface area (Å²) in [6, 6.07) is 11.5. The first kappa shape index (κ1) is 18.4. The molecule has 0 unspecified atom stereocenters. The van der Waals surface area contributed by atoms with E-state index in [9.17, 15) is 4.79 Å². The molecule has 0 aliphatic rings. The first-order chi connectivity index (χ1) is 12.4. The van der Waals surface area contributed by atoms with Gasteiger partial charge < -0.3 is 4.74 Å². The monoisotopic (exact) mass is 386 g/mol. The predicted octanol–water partition coefficient (Wildman–Crippen LogP) is 5.41. The smallest absolute Gasteiger partial charge is 0.264 e. The van der Waals surface area contributed by atoms with Gasteiger partial charge in [-0.2, -0.15) is 0 Å². The zero-order chi connectivity index (χ0) is 18.7. The molecule has 1 amide bonds. The fraction of sp³-hybridized carbons (Fsp3) is 0.200. The van der Waals surface area contributed by atoms with Gasteiger partial charge in [0.2, 0.25) is 0 Å². The molecule has 3 aromatic rings. The third-order valence-corrected chi connectivity index (χ3v) is 5.02. The summed E-state index contributed by atoms with van der Waals surface area (Å²) in [4.78, 5) is 16.6. The SMILES string of the molecule is Cc1cc(C)c(C)c(OCC(=O)Nc2nc(-c3ccc(Cl)cc3)cs2)c1. The van der Waals surface area contributed by atoms with Gasteiger partial charge in [0.15, 0.2) is 11.7 Å². The molecule has 4 nitrogen and oxygen atoms in total. The number of thiazole rings is 1. The average Bonchev–Trinajstić information content (AvgIpc) is 3.06. The van der Waals surface area contributed by atoms with Crippen LogP contribution in [0.5, 0.6) is 5.75 Å². The van der Waals surface area contributed by atoms with Crippen LogP contribution in [-0.2, 0) is 4.79 Å². The summed E-state index contributed by atoms with van der Waals surface area (Å²) in [6.07, 6.45) is 0. The Hall–Kier alpha value is -2.37.